The summed E-state index contributed by atoms with van der Waals surface area (Å²) in [5.41, 5.74) is 0. The van der Waals surface area contributed by atoms with Crippen LogP contribution in [0.3, 0.4) is 0 Å². The van der Waals surface area contributed by atoms with Crippen molar-refractivity contribution in [3.05, 3.63) is 0 Å². The van der Waals surface area contributed by atoms with Gasteiger partial charge in [0.15, 0.2) is 0 Å². The lowest BCUT2D eigenvalue weighted by atomic mass is 9.90. The van der Waals surface area contributed by atoms with Crippen LogP contribution in [0, 0.1) is 11.8 Å². The van der Waals surface area contributed by atoms with Gasteiger partial charge in [-0.1, -0.05) is 27.2 Å². The summed E-state index contributed by atoms with van der Waals surface area (Å²) in [7, 11) is 0. The normalized spacial score (nSPS) is 14.7. The van der Waals surface area contributed by atoms with Crippen LogP contribution in [0.25, 0.3) is 0 Å². The third-order valence-electron chi connectivity index (χ3n) is 2.47. The number of carboxylic acid groups (broad SMARTS) is 1. The molecule has 0 radical (unpaired) electrons. The SMILES string of the molecule is CCCC(C(=O)N[C@@H](C)C(=O)O)C(C)C. The highest BCUT2D eigenvalue weighted by Crippen LogP contribution is 2.17. The molecule has 0 saturated heterocycles. The second-order valence-electron chi connectivity index (χ2n) is 4.21. The molecule has 1 amide bonds. The van der Waals surface area contributed by atoms with Crippen molar-refractivity contribution in [2.45, 2.75) is 46.6 Å². The summed E-state index contributed by atoms with van der Waals surface area (Å²) in [6.45, 7) is 7.45. The van der Waals surface area contributed by atoms with Gasteiger partial charge in [-0.25, -0.2) is 0 Å². The molecule has 1 unspecified atom stereocenters. The fraction of sp³-hybridized carbons (Fsp3) is 0.818. The third-order valence-corrected chi connectivity index (χ3v) is 2.47. The molecule has 2 atom stereocenters. The second kappa shape index (κ2) is 6.43. The predicted molar refractivity (Wildman–Crippen MR) is 58.5 cm³/mol. The Morgan fingerprint density at radius 2 is 1.80 bits per heavy atom. The number of carboxylic acids is 1. The van der Waals surface area contributed by atoms with Gasteiger partial charge in [0.05, 0.1) is 0 Å². The second-order valence-corrected chi connectivity index (χ2v) is 4.21. The van der Waals surface area contributed by atoms with Crippen molar-refractivity contribution < 1.29 is 14.7 Å². The summed E-state index contributed by atoms with van der Waals surface area (Å²) in [6.07, 6.45) is 1.73. The van der Waals surface area contributed by atoms with Crippen LogP contribution in [0.2, 0.25) is 0 Å². The van der Waals surface area contributed by atoms with E-state index in [9.17, 15) is 9.59 Å². The maximum absolute atomic E-state index is 11.7. The first-order valence-electron chi connectivity index (χ1n) is 5.43. The van der Waals surface area contributed by atoms with Crippen LogP contribution in [0.15, 0.2) is 0 Å². The molecular weight excluding hydrogens is 194 g/mol. The van der Waals surface area contributed by atoms with Crippen LogP contribution >= 0.6 is 0 Å². The highest BCUT2D eigenvalue weighted by molar-refractivity contribution is 5.84. The molecule has 0 aliphatic heterocycles. The molecule has 0 fully saturated rings. The van der Waals surface area contributed by atoms with Crippen LogP contribution < -0.4 is 5.32 Å². The Hall–Kier alpha value is -1.06. The molecule has 0 spiro atoms. The first-order valence-corrected chi connectivity index (χ1v) is 5.43. The molecule has 88 valence electrons. The predicted octanol–water partition coefficient (Wildman–Crippen LogP) is 1.65. The Balaban J connectivity index is 4.32. The van der Waals surface area contributed by atoms with E-state index in [0.29, 0.717) is 0 Å². The summed E-state index contributed by atoms with van der Waals surface area (Å²) in [4.78, 5) is 22.3. The van der Waals surface area contributed by atoms with Gasteiger partial charge in [-0.05, 0) is 19.3 Å². The van der Waals surface area contributed by atoms with E-state index in [0.717, 1.165) is 12.8 Å². The van der Waals surface area contributed by atoms with Crippen molar-refractivity contribution in [2.24, 2.45) is 11.8 Å². The number of rotatable bonds is 6. The fourth-order valence-corrected chi connectivity index (χ4v) is 1.46. The average molecular weight is 215 g/mol. The highest BCUT2D eigenvalue weighted by atomic mass is 16.4. The van der Waals surface area contributed by atoms with E-state index in [1.54, 1.807) is 0 Å². The molecule has 0 bridgehead atoms. The lowest BCUT2D eigenvalue weighted by molar-refractivity contribution is -0.142. The van der Waals surface area contributed by atoms with E-state index in [1.165, 1.54) is 6.92 Å². The topological polar surface area (TPSA) is 66.4 Å². The Morgan fingerprint density at radius 3 is 2.13 bits per heavy atom. The number of hydrogen-bond donors (Lipinski definition) is 2. The average Bonchev–Trinajstić information content (AvgIpc) is 2.12. The Labute approximate surface area is 91.1 Å². The monoisotopic (exact) mass is 215 g/mol. The molecule has 0 saturated carbocycles. The molecular formula is C11H21NO3. The molecule has 0 aromatic rings. The standard InChI is InChI=1S/C11H21NO3/c1-5-6-9(7(2)3)10(13)12-8(4)11(14)15/h7-9H,5-6H2,1-4H3,(H,12,13)(H,14,15)/t8-,9?/m0/s1. The number of carbonyl (C=O) groups excluding carboxylic acids is 1. The van der Waals surface area contributed by atoms with Crippen molar-refractivity contribution in [3.8, 4) is 0 Å². The van der Waals surface area contributed by atoms with Gasteiger partial charge in [-0.3, -0.25) is 9.59 Å². The van der Waals surface area contributed by atoms with Crippen molar-refractivity contribution in [3.63, 3.8) is 0 Å². The summed E-state index contributed by atoms with van der Waals surface area (Å²) >= 11 is 0. The minimum atomic E-state index is -0.998. The molecule has 0 rings (SSSR count). The molecule has 2 N–H and O–H groups in total. The van der Waals surface area contributed by atoms with E-state index in [4.69, 9.17) is 5.11 Å². The van der Waals surface area contributed by atoms with Gasteiger partial charge in [-0.15, -0.1) is 0 Å². The lowest BCUT2D eigenvalue weighted by Crippen LogP contribution is -2.42. The Bertz CT molecular complexity index is 226. The van der Waals surface area contributed by atoms with Gasteiger partial charge in [0.25, 0.3) is 0 Å². The summed E-state index contributed by atoms with van der Waals surface area (Å²) in [6, 6.07) is -0.810. The van der Waals surface area contributed by atoms with Crippen molar-refractivity contribution in [1.29, 1.82) is 0 Å². The minimum Gasteiger partial charge on any atom is -0.480 e. The molecule has 0 aromatic heterocycles. The van der Waals surface area contributed by atoms with Gasteiger partial charge >= 0.3 is 5.97 Å². The third kappa shape index (κ3) is 4.81. The van der Waals surface area contributed by atoms with Gasteiger partial charge in [-0.2, -0.15) is 0 Å². The molecule has 4 nitrogen and oxygen atoms in total. The number of nitrogens with one attached hydrogen (secondary N) is 1. The van der Waals surface area contributed by atoms with Crippen molar-refractivity contribution >= 4 is 11.9 Å². The first kappa shape index (κ1) is 13.9. The van der Waals surface area contributed by atoms with Gasteiger partial charge in [0, 0.05) is 5.92 Å². The summed E-state index contributed by atoms with van der Waals surface area (Å²) in [5.74, 6) is -0.994. The number of aliphatic carboxylic acids is 1. The van der Waals surface area contributed by atoms with Crippen LogP contribution in [0.1, 0.15) is 40.5 Å². The van der Waals surface area contributed by atoms with Crippen LogP contribution in [-0.2, 0) is 9.59 Å². The van der Waals surface area contributed by atoms with Crippen LogP contribution in [-0.4, -0.2) is 23.0 Å². The molecule has 0 aliphatic carbocycles. The maximum Gasteiger partial charge on any atom is 0.325 e. The molecule has 0 aromatic carbocycles. The molecule has 0 aliphatic rings. The number of carbonyl (C=O) groups is 2. The lowest BCUT2D eigenvalue weighted by Gasteiger charge is -2.20. The zero-order valence-electron chi connectivity index (χ0n) is 9.91. The Kier molecular flexibility index (Phi) is 5.97. The van der Waals surface area contributed by atoms with E-state index < -0.39 is 12.0 Å². The quantitative estimate of drug-likeness (QED) is 0.708. The highest BCUT2D eigenvalue weighted by Gasteiger charge is 2.24. The maximum atomic E-state index is 11.7. The zero-order chi connectivity index (χ0) is 12.0. The number of hydrogen-bond acceptors (Lipinski definition) is 2. The van der Waals surface area contributed by atoms with E-state index >= 15 is 0 Å². The molecule has 15 heavy (non-hydrogen) atoms. The van der Waals surface area contributed by atoms with Crippen LogP contribution in [0.5, 0.6) is 0 Å². The molecule has 4 heteroatoms. The van der Waals surface area contributed by atoms with E-state index in [1.807, 2.05) is 20.8 Å². The van der Waals surface area contributed by atoms with Crippen LogP contribution in [0.4, 0.5) is 0 Å². The van der Waals surface area contributed by atoms with E-state index in [2.05, 4.69) is 5.32 Å². The van der Waals surface area contributed by atoms with Crippen molar-refractivity contribution in [2.75, 3.05) is 0 Å². The Morgan fingerprint density at radius 1 is 1.27 bits per heavy atom. The van der Waals surface area contributed by atoms with Crippen molar-refractivity contribution in [1.82, 2.24) is 5.32 Å². The van der Waals surface area contributed by atoms with Gasteiger partial charge in [0.1, 0.15) is 6.04 Å². The van der Waals surface area contributed by atoms with Gasteiger partial charge in [0.2, 0.25) is 5.91 Å². The summed E-state index contributed by atoms with van der Waals surface area (Å²) < 4.78 is 0. The first-order chi connectivity index (χ1) is 6.90. The number of amides is 1. The fourth-order valence-electron chi connectivity index (χ4n) is 1.46. The minimum absolute atomic E-state index is 0.0863. The zero-order valence-corrected chi connectivity index (χ0v) is 9.91. The largest absolute Gasteiger partial charge is 0.480 e. The smallest absolute Gasteiger partial charge is 0.325 e. The van der Waals surface area contributed by atoms with Gasteiger partial charge < -0.3 is 10.4 Å². The van der Waals surface area contributed by atoms with E-state index in [-0.39, 0.29) is 17.7 Å². The molecule has 0 heterocycles. The summed E-state index contributed by atoms with van der Waals surface area (Å²) in [5, 5.41) is 11.2.